The molecule has 2 atom stereocenters. The van der Waals surface area contributed by atoms with Crippen molar-refractivity contribution in [2.45, 2.75) is 25.3 Å². The summed E-state index contributed by atoms with van der Waals surface area (Å²) in [5, 5.41) is 0. The molecule has 0 radical (unpaired) electrons. The van der Waals surface area contributed by atoms with Crippen LogP contribution in [0.3, 0.4) is 0 Å². The van der Waals surface area contributed by atoms with Crippen LogP contribution in [0.2, 0.25) is 0 Å². The van der Waals surface area contributed by atoms with E-state index < -0.39 is 0 Å². The van der Waals surface area contributed by atoms with Gasteiger partial charge in [0.1, 0.15) is 11.6 Å². The average molecular weight is 286 g/mol. The second-order valence-electron chi connectivity index (χ2n) is 5.43. The largest absolute Gasteiger partial charge is 0.493 e. The van der Waals surface area contributed by atoms with Gasteiger partial charge in [-0.15, -0.1) is 0 Å². The Morgan fingerprint density at radius 1 is 1.29 bits per heavy atom. The second kappa shape index (κ2) is 5.84. The van der Waals surface area contributed by atoms with Crippen LogP contribution in [0.1, 0.15) is 35.1 Å². The molecule has 2 unspecified atom stereocenters. The topological polar surface area (TPSA) is 47.3 Å². The third kappa shape index (κ3) is 2.64. The molecule has 0 aliphatic carbocycles. The smallest absolute Gasteiger partial charge is 0.123 e. The molecule has 4 heteroatoms. The minimum atomic E-state index is -0.240. The molecule has 1 aliphatic heterocycles. The first-order valence-electron chi connectivity index (χ1n) is 7.14. The number of nitrogens with one attached hydrogen (secondary N) is 1. The number of rotatable bonds is 3. The van der Waals surface area contributed by atoms with Gasteiger partial charge in [-0.05, 0) is 48.2 Å². The summed E-state index contributed by atoms with van der Waals surface area (Å²) in [6.45, 7) is 2.62. The summed E-state index contributed by atoms with van der Waals surface area (Å²) in [4.78, 5) is 0. The Balaban J connectivity index is 2.03. The number of hydrazine groups is 1. The molecule has 1 aliphatic rings. The van der Waals surface area contributed by atoms with Gasteiger partial charge in [-0.2, -0.15) is 0 Å². The van der Waals surface area contributed by atoms with E-state index >= 15 is 0 Å². The Morgan fingerprint density at radius 3 is 2.90 bits per heavy atom. The monoisotopic (exact) mass is 286 g/mol. The molecule has 0 amide bonds. The Morgan fingerprint density at radius 2 is 2.10 bits per heavy atom. The van der Waals surface area contributed by atoms with Crippen LogP contribution in [0.5, 0.6) is 5.75 Å². The number of hydrogen-bond acceptors (Lipinski definition) is 3. The first-order valence-corrected chi connectivity index (χ1v) is 7.14. The molecule has 0 saturated heterocycles. The highest BCUT2D eigenvalue weighted by Crippen LogP contribution is 2.41. The maximum Gasteiger partial charge on any atom is 0.123 e. The van der Waals surface area contributed by atoms with E-state index in [-0.39, 0.29) is 17.8 Å². The van der Waals surface area contributed by atoms with Crippen molar-refractivity contribution in [2.75, 3.05) is 6.61 Å². The van der Waals surface area contributed by atoms with Crippen molar-refractivity contribution in [3.8, 4) is 5.75 Å². The molecule has 21 heavy (non-hydrogen) atoms. The van der Waals surface area contributed by atoms with Gasteiger partial charge >= 0.3 is 0 Å². The highest BCUT2D eigenvalue weighted by Gasteiger charge is 2.30. The van der Waals surface area contributed by atoms with Crippen molar-refractivity contribution in [3.05, 3.63) is 65.0 Å². The van der Waals surface area contributed by atoms with E-state index in [1.165, 1.54) is 6.07 Å². The van der Waals surface area contributed by atoms with Crippen LogP contribution in [0, 0.1) is 12.7 Å². The molecule has 0 fully saturated rings. The highest BCUT2D eigenvalue weighted by molar-refractivity contribution is 5.41. The summed E-state index contributed by atoms with van der Waals surface area (Å²) in [5.74, 6) is 6.62. The fourth-order valence-electron chi connectivity index (χ4n) is 3.08. The van der Waals surface area contributed by atoms with Crippen molar-refractivity contribution in [3.63, 3.8) is 0 Å². The van der Waals surface area contributed by atoms with E-state index in [2.05, 4.69) is 11.5 Å². The van der Waals surface area contributed by atoms with Gasteiger partial charge in [-0.3, -0.25) is 11.3 Å². The van der Waals surface area contributed by atoms with Gasteiger partial charge in [-0.25, -0.2) is 4.39 Å². The molecule has 3 N–H and O–H groups in total. The maximum absolute atomic E-state index is 13.6. The number of aryl methyl sites for hydroxylation is 1. The first kappa shape index (κ1) is 14.0. The summed E-state index contributed by atoms with van der Waals surface area (Å²) in [7, 11) is 0. The average Bonchev–Trinajstić information content (AvgIpc) is 2.51. The van der Waals surface area contributed by atoms with E-state index in [0.717, 1.165) is 28.9 Å². The third-order valence-corrected chi connectivity index (χ3v) is 4.16. The van der Waals surface area contributed by atoms with Crippen LogP contribution in [0.15, 0.2) is 42.5 Å². The Labute approximate surface area is 123 Å². The molecular weight excluding hydrogens is 267 g/mol. The van der Waals surface area contributed by atoms with Crippen LogP contribution < -0.4 is 16.0 Å². The highest BCUT2D eigenvalue weighted by atomic mass is 19.1. The van der Waals surface area contributed by atoms with Crippen molar-refractivity contribution < 1.29 is 9.13 Å². The minimum Gasteiger partial charge on any atom is -0.493 e. The fourth-order valence-corrected chi connectivity index (χ4v) is 3.08. The van der Waals surface area contributed by atoms with Crippen molar-refractivity contribution in [1.29, 1.82) is 0 Å². The van der Waals surface area contributed by atoms with Crippen molar-refractivity contribution >= 4 is 0 Å². The predicted octanol–water partition coefficient (Wildman–Crippen LogP) is 3.20. The van der Waals surface area contributed by atoms with Crippen LogP contribution in [0.25, 0.3) is 0 Å². The van der Waals surface area contributed by atoms with Crippen molar-refractivity contribution in [2.24, 2.45) is 5.84 Å². The van der Waals surface area contributed by atoms with Gasteiger partial charge in [0.05, 0.1) is 12.6 Å². The normalized spacial score (nSPS) is 18.7. The summed E-state index contributed by atoms with van der Waals surface area (Å²) in [6, 6.07) is 12.7. The van der Waals surface area contributed by atoms with Gasteiger partial charge in [-0.1, -0.05) is 24.3 Å². The van der Waals surface area contributed by atoms with Crippen LogP contribution in [0.4, 0.5) is 4.39 Å². The zero-order valence-electron chi connectivity index (χ0n) is 12.0. The van der Waals surface area contributed by atoms with Gasteiger partial charge in [0, 0.05) is 5.92 Å². The number of nitrogens with two attached hydrogens (primary N) is 1. The fraction of sp³-hybridized carbons (Fsp3) is 0.294. The molecule has 0 saturated carbocycles. The Hall–Kier alpha value is -1.91. The predicted molar refractivity (Wildman–Crippen MR) is 80.5 cm³/mol. The van der Waals surface area contributed by atoms with E-state index in [1.54, 1.807) is 12.1 Å². The minimum absolute atomic E-state index is 0.134. The first-order chi connectivity index (χ1) is 10.2. The SMILES string of the molecule is Cc1ccc(F)cc1C(NN)C1CCOc2ccccc21. The lowest BCUT2D eigenvalue weighted by atomic mass is 9.82. The van der Waals surface area contributed by atoms with Crippen molar-refractivity contribution in [1.82, 2.24) is 5.43 Å². The number of halogens is 1. The molecule has 3 rings (SSSR count). The lowest BCUT2D eigenvalue weighted by molar-refractivity contribution is 0.246. The van der Waals surface area contributed by atoms with E-state index in [1.807, 2.05) is 25.1 Å². The summed E-state index contributed by atoms with van der Waals surface area (Å²) in [5.41, 5.74) is 5.93. The van der Waals surface area contributed by atoms with Crippen LogP contribution in [-0.2, 0) is 0 Å². The molecule has 0 bridgehead atoms. The van der Waals surface area contributed by atoms with Gasteiger partial charge in [0.15, 0.2) is 0 Å². The second-order valence-corrected chi connectivity index (χ2v) is 5.43. The van der Waals surface area contributed by atoms with E-state index in [4.69, 9.17) is 10.6 Å². The summed E-state index contributed by atoms with van der Waals surface area (Å²) < 4.78 is 19.3. The molecule has 0 spiro atoms. The molecule has 1 heterocycles. The Kier molecular flexibility index (Phi) is 3.90. The standard InChI is InChI=1S/C17H19FN2O/c1-11-6-7-12(18)10-15(11)17(20-19)14-8-9-21-16-5-3-2-4-13(14)16/h2-7,10,14,17,20H,8-9,19H2,1H3. The maximum atomic E-state index is 13.6. The number of benzene rings is 2. The van der Waals surface area contributed by atoms with Gasteiger partial charge < -0.3 is 4.74 Å². The zero-order chi connectivity index (χ0) is 14.8. The van der Waals surface area contributed by atoms with Crippen LogP contribution >= 0.6 is 0 Å². The lowest BCUT2D eigenvalue weighted by Gasteiger charge is -2.33. The zero-order valence-corrected chi connectivity index (χ0v) is 12.0. The number of para-hydroxylation sites is 1. The summed E-state index contributed by atoms with van der Waals surface area (Å²) >= 11 is 0. The molecule has 2 aromatic rings. The summed E-state index contributed by atoms with van der Waals surface area (Å²) in [6.07, 6.45) is 0.849. The molecule has 110 valence electrons. The van der Waals surface area contributed by atoms with E-state index in [9.17, 15) is 4.39 Å². The van der Waals surface area contributed by atoms with E-state index in [0.29, 0.717) is 6.61 Å². The molecular formula is C17H19FN2O. The molecule has 0 aromatic heterocycles. The number of fused-ring (bicyclic) bond motifs is 1. The quantitative estimate of drug-likeness (QED) is 0.673. The number of hydrogen-bond donors (Lipinski definition) is 2. The number of ether oxygens (including phenoxy) is 1. The lowest BCUT2D eigenvalue weighted by Crippen LogP contribution is -2.35. The third-order valence-electron chi connectivity index (χ3n) is 4.16. The Bertz CT molecular complexity index is 644. The van der Waals surface area contributed by atoms with Gasteiger partial charge in [0.2, 0.25) is 0 Å². The van der Waals surface area contributed by atoms with Crippen LogP contribution in [-0.4, -0.2) is 6.61 Å². The molecule has 2 aromatic carbocycles. The van der Waals surface area contributed by atoms with Gasteiger partial charge in [0.25, 0.3) is 0 Å². The molecule has 3 nitrogen and oxygen atoms in total.